The predicted octanol–water partition coefficient (Wildman–Crippen LogP) is 2.29. The van der Waals surface area contributed by atoms with Crippen LogP contribution in [0.25, 0.3) is 0 Å². The first-order valence-corrected chi connectivity index (χ1v) is 6.27. The van der Waals surface area contributed by atoms with Gasteiger partial charge in [-0.25, -0.2) is 0 Å². The number of anilines is 1. The van der Waals surface area contributed by atoms with Gasteiger partial charge in [0.05, 0.1) is 16.3 Å². The van der Waals surface area contributed by atoms with Crippen LogP contribution in [0.5, 0.6) is 0 Å². The van der Waals surface area contributed by atoms with Gasteiger partial charge in [0.25, 0.3) is 5.91 Å². The minimum atomic E-state index is -0.216. The van der Waals surface area contributed by atoms with Gasteiger partial charge in [-0.3, -0.25) is 9.78 Å². The number of nitrogens with zero attached hydrogens (tertiary/aromatic N) is 1. The van der Waals surface area contributed by atoms with Crippen molar-refractivity contribution in [3.8, 4) is 0 Å². The van der Waals surface area contributed by atoms with E-state index in [1.54, 1.807) is 30.6 Å². The lowest BCUT2D eigenvalue weighted by Crippen LogP contribution is -2.26. The maximum Gasteiger partial charge on any atom is 0.252 e. The second-order valence-corrected chi connectivity index (χ2v) is 4.45. The number of hydrogen-bond donors (Lipinski definition) is 2. The summed E-state index contributed by atoms with van der Waals surface area (Å²) in [7, 11) is 0. The molecule has 1 heterocycles. The van der Waals surface area contributed by atoms with Crippen LogP contribution in [0.2, 0.25) is 5.02 Å². The van der Waals surface area contributed by atoms with Crippen LogP contribution in [0.4, 0.5) is 5.69 Å². The van der Waals surface area contributed by atoms with E-state index in [0.29, 0.717) is 22.8 Å². The number of rotatable bonds is 4. The van der Waals surface area contributed by atoms with Crippen molar-refractivity contribution >= 4 is 23.2 Å². The monoisotopic (exact) mass is 275 g/mol. The van der Waals surface area contributed by atoms with Crippen LogP contribution >= 0.6 is 11.6 Å². The highest BCUT2D eigenvalue weighted by molar-refractivity contribution is 6.36. The highest BCUT2D eigenvalue weighted by Crippen LogP contribution is 2.22. The van der Waals surface area contributed by atoms with Crippen molar-refractivity contribution in [2.45, 2.75) is 6.42 Å². The van der Waals surface area contributed by atoms with Gasteiger partial charge in [-0.2, -0.15) is 0 Å². The third-order valence-electron chi connectivity index (χ3n) is 2.72. The third kappa shape index (κ3) is 3.45. The van der Waals surface area contributed by atoms with Gasteiger partial charge < -0.3 is 11.1 Å². The number of nitrogens with one attached hydrogen (secondary N) is 1. The maximum atomic E-state index is 11.9. The molecule has 0 unspecified atom stereocenters. The van der Waals surface area contributed by atoms with Gasteiger partial charge in [0.2, 0.25) is 0 Å². The highest BCUT2D eigenvalue weighted by Gasteiger charge is 2.11. The van der Waals surface area contributed by atoms with Crippen LogP contribution in [0, 0.1) is 0 Å². The maximum absolute atomic E-state index is 11.9. The standard InChI is InChI=1S/C14H14ClN3O/c15-13-11(2-1-3-12(13)16)14(19)18-9-6-10-4-7-17-8-5-10/h1-5,7-8H,6,9,16H2,(H,18,19). The van der Waals surface area contributed by atoms with E-state index in [4.69, 9.17) is 17.3 Å². The molecule has 0 aliphatic heterocycles. The number of halogens is 1. The molecule has 5 heteroatoms. The van der Waals surface area contributed by atoms with Crippen LogP contribution in [0.1, 0.15) is 15.9 Å². The van der Waals surface area contributed by atoms with Gasteiger partial charge in [-0.1, -0.05) is 17.7 Å². The Hall–Kier alpha value is -2.07. The van der Waals surface area contributed by atoms with E-state index in [9.17, 15) is 4.79 Å². The molecule has 1 amide bonds. The summed E-state index contributed by atoms with van der Waals surface area (Å²) in [5.74, 6) is -0.216. The highest BCUT2D eigenvalue weighted by atomic mass is 35.5. The molecular formula is C14H14ClN3O. The molecule has 1 aromatic carbocycles. The molecule has 0 spiro atoms. The molecule has 0 fully saturated rings. The number of aromatic nitrogens is 1. The average molecular weight is 276 g/mol. The quantitative estimate of drug-likeness (QED) is 0.841. The Morgan fingerprint density at radius 3 is 2.74 bits per heavy atom. The zero-order valence-electron chi connectivity index (χ0n) is 10.3. The molecule has 0 saturated carbocycles. The summed E-state index contributed by atoms with van der Waals surface area (Å²) in [5, 5.41) is 3.11. The topological polar surface area (TPSA) is 68.0 Å². The number of amides is 1. The molecule has 0 bridgehead atoms. The molecule has 19 heavy (non-hydrogen) atoms. The zero-order valence-corrected chi connectivity index (χ0v) is 11.0. The fraction of sp³-hybridized carbons (Fsp3) is 0.143. The van der Waals surface area contributed by atoms with Crippen molar-refractivity contribution in [3.63, 3.8) is 0 Å². The van der Waals surface area contributed by atoms with Crippen LogP contribution < -0.4 is 11.1 Å². The van der Waals surface area contributed by atoms with Gasteiger partial charge >= 0.3 is 0 Å². The smallest absolute Gasteiger partial charge is 0.252 e. The molecule has 4 nitrogen and oxygen atoms in total. The molecule has 1 aromatic heterocycles. The lowest BCUT2D eigenvalue weighted by Gasteiger charge is -2.08. The van der Waals surface area contributed by atoms with Crippen molar-refractivity contribution in [1.82, 2.24) is 10.3 Å². The molecule has 3 N–H and O–H groups in total. The summed E-state index contributed by atoms with van der Waals surface area (Å²) in [6, 6.07) is 8.86. The van der Waals surface area contributed by atoms with Crippen molar-refractivity contribution in [2.24, 2.45) is 0 Å². The summed E-state index contributed by atoms with van der Waals surface area (Å²) in [6.45, 7) is 0.536. The Morgan fingerprint density at radius 2 is 2.00 bits per heavy atom. The number of benzene rings is 1. The molecule has 0 aliphatic carbocycles. The number of carbonyl (C=O) groups is 1. The fourth-order valence-electron chi connectivity index (χ4n) is 1.69. The number of nitrogens with two attached hydrogens (primary N) is 1. The van der Waals surface area contributed by atoms with E-state index < -0.39 is 0 Å². The Morgan fingerprint density at radius 1 is 1.26 bits per heavy atom. The van der Waals surface area contributed by atoms with Gasteiger partial charge in [0.1, 0.15) is 0 Å². The fourth-order valence-corrected chi connectivity index (χ4v) is 1.90. The van der Waals surface area contributed by atoms with Gasteiger partial charge in [-0.05, 0) is 36.2 Å². The SMILES string of the molecule is Nc1cccc(C(=O)NCCc2ccncc2)c1Cl. The molecule has 0 radical (unpaired) electrons. The van der Waals surface area contributed by atoms with E-state index in [-0.39, 0.29) is 5.91 Å². The van der Waals surface area contributed by atoms with E-state index in [1.165, 1.54) is 0 Å². The van der Waals surface area contributed by atoms with E-state index in [0.717, 1.165) is 12.0 Å². The largest absolute Gasteiger partial charge is 0.398 e. The van der Waals surface area contributed by atoms with Crippen LogP contribution in [0.3, 0.4) is 0 Å². The second kappa shape index (κ2) is 6.20. The summed E-state index contributed by atoms with van der Waals surface area (Å²) in [5.41, 5.74) is 7.58. The second-order valence-electron chi connectivity index (χ2n) is 4.07. The molecule has 2 aromatic rings. The van der Waals surface area contributed by atoms with Gasteiger partial charge in [0.15, 0.2) is 0 Å². The molecule has 0 aliphatic rings. The first kappa shape index (κ1) is 13.4. The van der Waals surface area contributed by atoms with Gasteiger partial charge in [-0.15, -0.1) is 0 Å². The number of nitrogen functional groups attached to an aromatic ring is 1. The summed E-state index contributed by atoms with van der Waals surface area (Å²) < 4.78 is 0. The minimum absolute atomic E-state index is 0.216. The molecule has 0 atom stereocenters. The average Bonchev–Trinajstić information content (AvgIpc) is 2.43. The Balaban J connectivity index is 1.93. The van der Waals surface area contributed by atoms with Gasteiger partial charge in [0, 0.05) is 18.9 Å². The normalized spacial score (nSPS) is 10.2. The van der Waals surface area contributed by atoms with E-state index in [1.807, 2.05) is 12.1 Å². The first-order chi connectivity index (χ1) is 9.18. The van der Waals surface area contributed by atoms with Crippen LogP contribution in [-0.2, 0) is 6.42 Å². The minimum Gasteiger partial charge on any atom is -0.398 e. The summed E-state index contributed by atoms with van der Waals surface area (Å²) >= 11 is 5.99. The lowest BCUT2D eigenvalue weighted by atomic mass is 10.1. The molecule has 2 rings (SSSR count). The van der Waals surface area contributed by atoms with Crippen LogP contribution in [0.15, 0.2) is 42.7 Å². The van der Waals surface area contributed by atoms with E-state index >= 15 is 0 Å². The van der Waals surface area contributed by atoms with Crippen LogP contribution in [-0.4, -0.2) is 17.4 Å². The summed E-state index contributed by atoms with van der Waals surface area (Å²) in [6.07, 6.45) is 4.20. The Bertz CT molecular complexity index is 572. The molecule has 0 saturated heterocycles. The van der Waals surface area contributed by atoms with Crippen molar-refractivity contribution in [2.75, 3.05) is 12.3 Å². The molecule has 98 valence electrons. The van der Waals surface area contributed by atoms with Crippen molar-refractivity contribution < 1.29 is 4.79 Å². The molecular weight excluding hydrogens is 262 g/mol. The Labute approximate surface area is 116 Å². The third-order valence-corrected chi connectivity index (χ3v) is 3.14. The van der Waals surface area contributed by atoms with Crippen molar-refractivity contribution in [3.05, 3.63) is 58.9 Å². The number of hydrogen-bond acceptors (Lipinski definition) is 3. The predicted molar refractivity (Wildman–Crippen MR) is 76.1 cm³/mol. The Kier molecular flexibility index (Phi) is 4.36. The lowest BCUT2D eigenvalue weighted by molar-refractivity contribution is 0.0954. The summed E-state index contributed by atoms with van der Waals surface area (Å²) in [4.78, 5) is 15.9. The van der Waals surface area contributed by atoms with Crippen molar-refractivity contribution in [1.29, 1.82) is 0 Å². The first-order valence-electron chi connectivity index (χ1n) is 5.89. The zero-order chi connectivity index (χ0) is 13.7. The van der Waals surface area contributed by atoms with E-state index in [2.05, 4.69) is 10.3 Å². The number of pyridine rings is 1. The number of carbonyl (C=O) groups excluding carboxylic acids is 1.